The molecule has 0 unspecified atom stereocenters. The van der Waals surface area contributed by atoms with Gasteiger partial charge in [0.05, 0.1) is 16.7 Å². The van der Waals surface area contributed by atoms with Gasteiger partial charge in [-0.25, -0.2) is 0 Å². The Hall–Kier alpha value is -8.38. The van der Waals surface area contributed by atoms with E-state index < -0.39 is 0 Å². The molecule has 0 bridgehead atoms. The topological polar surface area (TPSA) is 8.17 Å². The number of aromatic nitrogens is 1. The van der Waals surface area contributed by atoms with Crippen molar-refractivity contribution in [2.75, 3.05) is 4.90 Å². The molecule has 11 aromatic rings. The smallest absolute Gasteiger partial charge is 0.0547 e. The largest absolute Gasteiger partial charge is 0.310 e. The summed E-state index contributed by atoms with van der Waals surface area (Å²) in [6.07, 6.45) is 0. The molecule has 0 aliphatic rings. The highest BCUT2D eigenvalue weighted by Gasteiger charge is 2.20. The van der Waals surface area contributed by atoms with Crippen LogP contribution in [-0.4, -0.2) is 4.57 Å². The summed E-state index contributed by atoms with van der Waals surface area (Å²) in [6, 6.07) is 93.5. The number of rotatable bonds is 9. The van der Waals surface area contributed by atoms with Gasteiger partial charge in [-0.3, -0.25) is 0 Å². The van der Waals surface area contributed by atoms with Crippen molar-refractivity contribution in [3.63, 3.8) is 0 Å². The zero-order valence-corrected chi connectivity index (χ0v) is 34.0. The van der Waals surface area contributed by atoms with E-state index in [0.29, 0.717) is 0 Å². The Balaban J connectivity index is 1.01. The van der Waals surface area contributed by atoms with Crippen LogP contribution in [0.4, 0.5) is 17.1 Å². The van der Waals surface area contributed by atoms with Crippen molar-refractivity contribution < 1.29 is 0 Å². The van der Waals surface area contributed by atoms with Crippen molar-refractivity contribution in [3.8, 4) is 61.3 Å². The van der Waals surface area contributed by atoms with Crippen molar-refractivity contribution in [2.45, 2.75) is 0 Å². The summed E-state index contributed by atoms with van der Waals surface area (Å²) in [6.45, 7) is 0. The molecule has 1 heterocycles. The van der Waals surface area contributed by atoms with Crippen molar-refractivity contribution in [3.05, 3.63) is 255 Å². The summed E-state index contributed by atoms with van der Waals surface area (Å²) in [5.41, 5.74) is 18.3. The molecular weight excluding hydrogens is 749 g/mol. The van der Waals surface area contributed by atoms with Crippen molar-refractivity contribution in [1.29, 1.82) is 0 Å². The predicted octanol–water partition coefficient (Wildman–Crippen LogP) is 16.2. The summed E-state index contributed by atoms with van der Waals surface area (Å²) in [5.74, 6) is 0. The van der Waals surface area contributed by atoms with Gasteiger partial charge in [0.1, 0.15) is 0 Å². The maximum absolute atomic E-state index is 3.32. The molecule has 0 atom stereocenters. The van der Waals surface area contributed by atoms with Crippen LogP contribution < -0.4 is 4.90 Å². The van der Waals surface area contributed by atoms with E-state index in [2.05, 4.69) is 252 Å². The number of fused-ring (bicyclic) bond motifs is 3. The maximum atomic E-state index is 3.32. The molecule has 0 spiro atoms. The Bertz CT molecular complexity index is 3260. The zero-order chi connectivity index (χ0) is 41.2. The van der Waals surface area contributed by atoms with Gasteiger partial charge in [0.2, 0.25) is 0 Å². The maximum Gasteiger partial charge on any atom is 0.0547 e. The van der Waals surface area contributed by atoms with Gasteiger partial charge in [0, 0.05) is 39.0 Å². The third kappa shape index (κ3) is 6.79. The second-order valence-electron chi connectivity index (χ2n) is 15.6. The van der Waals surface area contributed by atoms with E-state index in [1.165, 1.54) is 44.1 Å². The molecule has 0 saturated heterocycles. The van der Waals surface area contributed by atoms with E-state index in [-0.39, 0.29) is 0 Å². The number of para-hydroxylation sites is 4. The lowest BCUT2D eigenvalue weighted by molar-refractivity contribution is 1.18. The minimum atomic E-state index is 1.02. The third-order valence-corrected chi connectivity index (χ3v) is 11.8. The first-order valence-electron chi connectivity index (χ1n) is 21.1. The first-order chi connectivity index (χ1) is 30.8. The van der Waals surface area contributed by atoms with Crippen LogP contribution in [0.1, 0.15) is 0 Å². The van der Waals surface area contributed by atoms with Gasteiger partial charge < -0.3 is 9.47 Å². The Labute approximate surface area is 362 Å². The Morgan fingerprint density at radius 2 is 0.903 bits per heavy atom. The minimum Gasteiger partial charge on any atom is -0.310 e. The van der Waals surface area contributed by atoms with E-state index in [0.717, 1.165) is 56.1 Å². The first kappa shape index (κ1) is 36.7. The average Bonchev–Trinajstić information content (AvgIpc) is 3.70. The molecule has 0 radical (unpaired) electrons. The Kier molecular flexibility index (Phi) is 9.46. The van der Waals surface area contributed by atoms with Gasteiger partial charge in [-0.1, -0.05) is 164 Å². The van der Waals surface area contributed by atoms with Gasteiger partial charge in [-0.2, -0.15) is 0 Å². The lowest BCUT2D eigenvalue weighted by Crippen LogP contribution is -2.11. The molecule has 290 valence electrons. The molecule has 0 N–H and O–H groups in total. The number of benzene rings is 9. The monoisotopic (exact) mass is 788 g/mol. The molecule has 0 saturated carbocycles. The predicted molar refractivity (Wildman–Crippen MR) is 260 cm³/mol. The normalized spacial score (nSPS) is 11.1. The lowest BCUT2D eigenvalue weighted by atomic mass is 9.93. The summed E-state index contributed by atoms with van der Waals surface area (Å²) in [7, 11) is 0. The van der Waals surface area contributed by atoms with Crippen LogP contribution in [0.2, 0.25) is 0 Å². The summed E-state index contributed by atoms with van der Waals surface area (Å²) in [5, 5.41) is 2.50. The van der Waals surface area contributed by atoms with Crippen molar-refractivity contribution >= 4 is 38.9 Å². The number of anilines is 3. The third-order valence-electron chi connectivity index (χ3n) is 11.8. The molecule has 2 nitrogen and oxygen atoms in total. The fourth-order valence-corrected chi connectivity index (χ4v) is 8.96. The van der Waals surface area contributed by atoms with E-state index in [1.54, 1.807) is 0 Å². The lowest BCUT2D eigenvalue weighted by Gasteiger charge is -2.28. The van der Waals surface area contributed by atoms with Crippen LogP contribution in [-0.2, 0) is 0 Å². The second kappa shape index (κ2) is 16.0. The molecular formula is C60H40N2. The highest BCUT2D eigenvalue weighted by atomic mass is 15.1. The molecule has 1 aromatic heterocycles. The summed E-state index contributed by atoms with van der Waals surface area (Å²) in [4.78, 5) is 2.38. The number of hydrogen-bond acceptors (Lipinski definition) is 1. The van der Waals surface area contributed by atoms with Gasteiger partial charge in [-0.15, -0.1) is 0 Å². The van der Waals surface area contributed by atoms with Crippen LogP contribution in [0.5, 0.6) is 0 Å². The molecule has 0 aliphatic carbocycles. The van der Waals surface area contributed by atoms with Crippen molar-refractivity contribution in [2.24, 2.45) is 0 Å². The molecule has 0 amide bonds. The molecule has 62 heavy (non-hydrogen) atoms. The van der Waals surface area contributed by atoms with Crippen LogP contribution in [0, 0.1) is 12.1 Å². The minimum absolute atomic E-state index is 1.02. The average molecular weight is 789 g/mol. The van der Waals surface area contributed by atoms with E-state index >= 15 is 0 Å². The highest BCUT2D eigenvalue weighted by molar-refractivity contribution is 6.16. The van der Waals surface area contributed by atoms with Crippen LogP contribution >= 0.6 is 0 Å². The summed E-state index contributed by atoms with van der Waals surface area (Å²) < 4.78 is 2.38. The van der Waals surface area contributed by atoms with E-state index in [4.69, 9.17) is 0 Å². The first-order valence-corrected chi connectivity index (χ1v) is 21.1. The molecule has 10 aromatic carbocycles. The quantitative estimate of drug-likeness (QED) is 0.141. The van der Waals surface area contributed by atoms with Gasteiger partial charge in [0.25, 0.3) is 0 Å². The SMILES string of the molecule is c1cccc(-c2cc(-c3ccccc3)cc(-c3ccc(N(c4ccccc4)c4ccccc4-c4cccc(-c5cccc6c5c5ccccc5n6-c5ccccc5)c4)cc3)c2)c#1. The zero-order valence-electron chi connectivity index (χ0n) is 34.0. The Morgan fingerprint density at radius 3 is 1.66 bits per heavy atom. The standard InChI is InChI=1S/C60H40N2/c1-5-19-43(20-6-1)48-40-49(44-21-7-2-8-22-44)42-50(41-48)45-35-37-53(38-36-45)61(51-25-9-3-10-26-51)57-32-15-13-29-54(57)46-23-17-24-47(39-46)55-31-18-34-59-60(55)56-30-14-16-33-58(56)62(59)52-27-11-4-12-28-52/h1-7,9-21,23-42H. The van der Waals surface area contributed by atoms with Crippen LogP contribution in [0.25, 0.3) is 83.1 Å². The molecule has 11 rings (SSSR count). The van der Waals surface area contributed by atoms with E-state index in [1.807, 2.05) is 12.1 Å². The Morgan fingerprint density at radius 1 is 0.355 bits per heavy atom. The van der Waals surface area contributed by atoms with E-state index in [9.17, 15) is 0 Å². The van der Waals surface area contributed by atoms with Crippen LogP contribution in [0.3, 0.4) is 0 Å². The molecule has 2 heteroatoms. The van der Waals surface area contributed by atoms with Gasteiger partial charge in [0.15, 0.2) is 0 Å². The fraction of sp³-hybridized carbons (Fsp3) is 0. The summed E-state index contributed by atoms with van der Waals surface area (Å²) >= 11 is 0. The van der Waals surface area contributed by atoms with Crippen molar-refractivity contribution in [1.82, 2.24) is 4.57 Å². The number of nitrogens with zero attached hydrogens (tertiary/aromatic N) is 2. The fourth-order valence-electron chi connectivity index (χ4n) is 8.96. The van der Waals surface area contributed by atoms with Gasteiger partial charge in [-0.05, 0) is 136 Å². The second-order valence-corrected chi connectivity index (χ2v) is 15.6. The highest BCUT2D eigenvalue weighted by Crippen LogP contribution is 2.44. The number of hydrogen-bond donors (Lipinski definition) is 0. The molecule has 0 fully saturated rings. The van der Waals surface area contributed by atoms with Gasteiger partial charge >= 0.3 is 0 Å². The molecule has 0 aliphatic heterocycles. The van der Waals surface area contributed by atoms with Crippen LogP contribution in [0.15, 0.2) is 243 Å².